The Hall–Kier alpha value is -2.75. The van der Waals surface area contributed by atoms with Crippen LogP contribution in [0.25, 0.3) is 0 Å². The average Bonchev–Trinajstić information content (AvgIpc) is 2.35. The first kappa shape index (κ1) is 12.3. The van der Waals surface area contributed by atoms with Crippen molar-refractivity contribution in [1.29, 1.82) is 5.26 Å². The summed E-state index contributed by atoms with van der Waals surface area (Å²) in [6.45, 7) is 0. The van der Waals surface area contributed by atoms with Crippen molar-refractivity contribution in [3.63, 3.8) is 0 Å². The first-order valence-corrected chi connectivity index (χ1v) is 4.31. The molecule has 0 aliphatic carbocycles. The number of nitro benzene ring substituents is 1. The summed E-state index contributed by atoms with van der Waals surface area (Å²) in [4.78, 5) is 32.0. The molecule has 7 heteroatoms. The molecule has 1 aromatic rings. The summed E-state index contributed by atoms with van der Waals surface area (Å²) in [7, 11) is 1.03. The van der Waals surface area contributed by atoms with E-state index in [-0.39, 0.29) is 11.1 Å². The number of hydrogen-bond donors (Lipinski definition) is 0. The molecule has 0 bridgehead atoms. The molecule has 0 spiro atoms. The van der Waals surface area contributed by atoms with E-state index in [1.54, 1.807) is 6.07 Å². The second kappa shape index (κ2) is 4.85. The maximum Gasteiger partial charge on any atom is 0.345 e. The van der Waals surface area contributed by atoms with Crippen molar-refractivity contribution in [2.45, 2.75) is 0 Å². The number of nitro groups is 1. The predicted octanol–water partition coefficient (Wildman–Crippen LogP) is 1.07. The Morgan fingerprint density at radius 2 is 2.24 bits per heavy atom. The van der Waals surface area contributed by atoms with Gasteiger partial charge in [0.2, 0.25) is 0 Å². The zero-order chi connectivity index (χ0) is 13.0. The summed E-state index contributed by atoms with van der Waals surface area (Å²) in [6.07, 6.45) is 0.292. The molecule has 0 amide bonds. The van der Waals surface area contributed by atoms with E-state index in [9.17, 15) is 19.7 Å². The Labute approximate surface area is 95.4 Å². The van der Waals surface area contributed by atoms with Crippen LogP contribution in [0, 0.1) is 21.4 Å². The normalized spacial score (nSPS) is 9.18. The minimum atomic E-state index is -1.03. The van der Waals surface area contributed by atoms with Gasteiger partial charge in [0.1, 0.15) is 17.2 Å². The molecule has 1 aromatic carbocycles. The monoisotopic (exact) mass is 234 g/mol. The van der Waals surface area contributed by atoms with Crippen LogP contribution in [0.2, 0.25) is 0 Å². The second-order valence-corrected chi connectivity index (χ2v) is 2.90. The van der Waals surface area contributed by atoms with Crippen LogP contribution in [0.3, 0.4) is 0 Å². The number of nitrogens with zero attached hydrogens (tertiary/aromatic N) is 2. The number of nitriles is 1. The summed E-state index contributed by atoms with van der Waals surface area (Å²) in [6, 6.07) is 3.85. The topological polar surface area (TPSA) is 110 Å². The average molecular weight is 234 g/mol. The van der Waals surface area contributed by atoms with E-state index >= 15 is 0 Å². The molecule has 0 unspecified atom stereocenters. The van der Waals surface area contributed by atoms with Crippen molar-refractivity contribution >= 4 is 17.9 Å². The summed E-state index contributed by atoms with van der Waals surface area (Å²) in [5.41, 5.74) is -1.72. The molecule has 0 aliphatic rings. The van der Waals surface area contributed by atoms with E-state index in [1.165, 1.54) is 0 Å². The Kier molecular flexibility index (Phi) is 3.51. The highest BCUT2D eigenvalue weighted by Crippen LogP contribution is 2.26. The number of hydrogen-bond acceptors (Lipinski definition) is 6. The fourth-order valence-electron chi connectivity index (χ4n) is 1.30. The molecule has 7 nitrogen and oxygen atoms in total. The van der Waals surface area contributed by atoms with E-state index in [4.69, 9.17) is 5.26 Å². The summed E-state index contributed by atoms with van der Waals surface area (Å²) >= 11 is 0. The predicted molar refractivity (Wildman–Crippen MR) is 54.5 cm³/mol. The van der Waals surface area contributed by atoms with Gasteiger partial charge in [-0.15, -0.1) is 0 Å². The number of ether oxygens (including phenoxy) is 1. The summed E-state index contributed by atoms with van der Waals surface area (Å²) in [5.74, 6) is -1.03. The van der Waals surface area contributed by atoms with Gasteiger partial charge < -0.3 is 4.74 Å². The quantitative estimate of drug-likeness (QED) is 0.334. The van der Waals surface area contributed by atoms with Gasteiger partial charge in [-0.25, -0.2) is 4.79 Å². The van der Waals surface area contributed by atoms with Crippen molar-refractivity contribution in [3.8, 4) is 6.07 Å². The van der Waals surface area contributed by atoms with Crippen LogP contribution in [0.1, 0.15) is 26.3 Å². The third kappa shape index (κ3) is 2.10. The number of carbonyl (C=O) groups excluding carboxylic acids is 2. The fraction of sp³-hybridized carbons (Fsp3) is 0.100. The SMILES string of the molecule is COC(=O)c1c(C=O)ccc(C#N)c1[N+](=O)[O-]. The van der Waals surface area contributed by atoms with Crippen molar-refractivity contribution < 1.29 is 19.2 Å². The van der Waals surface area contributed by atoms with Crippen LogP contribution >= 0.6 is 0 Å². The third-order valence-corrected chi connectivity index (χ3v) is 2.03. The molecule has 0 radical (unpaired) electrons. The van der Waals surface area contributed by atoms with Gasteiger partial charge in [-0.05, 0) is 12.1 Å². The first-order valence-electron chi connectivity index (χ1n) is 4.31. The first-order chi connectivity index (χ1) is 8.06. The third-order valence-electron chi connectivity index (χ3n) is 2.03. The number of esters is 1. The van der Waals surface area contributed by atoms with E-state index in [0.29, 0.717) is 6.29 Å². The molecule has 0 atom stereocenters. The number of carbonyl (C=O) groups is 2. The van der Waals surface area contributed by atoms with Gasteiger partial charge in [-0.3, -0.25) is 14.9 Å². The highest BCUT2D eigenvalue weighted by molar-refractivity contribution is 6.02. The molecule has 0 aromatic heterocycles. The summed E-state index contributed by atoms with van der Waals surface area (Å²) < 4.78 is 4.36. The highest BCUT2D eigenvalue weighted by Gasteiger charge is 2.28. The molecule has 0 saturated carbocycles. The highest BCUT2D eigenvalue weighted by atomic mass is 16.6. The minimum Gasteiger partial charge on any atom is -0.465 e. The molecule has 17 heavy (non-hydrogen) atoms. The molecule has 0 saturated heterocycles. The molecular formula is C10H6N2O5. The van der Waals surface area contributed by atoms with Crippen LogP contribution in [-0.2, 0) is 4.74 Å². The van der Waals surface area contributed by atoms with Crippen LogP contribution in [0.5, 0.6) is 0 Å². The minimum absolute atomic E-state index is 0.192. The molecule has 0 aliphatic heterocycles. The van der Waals surface area contributed by atoms with Crippen LogP contribution in [-0.4, -0.2) is 24.3 Å². The lowest BCUT2D eigenvalue weighted by atomic mass is 10.0. The fourth-order valence-corrected chi connectivity index (χ4v) is 1.30. The molecule has 86 valence electrons. The van der Waals surface area contributed by atoms with Gasteiger partial charge >= 0.3 is 11.7 Å². The number of rotatable bonds is 3. The Balaban J connectivity index is 3.71. The molecule has 1 rings (SSSR count). The molecule has 0 heterocycles. The van der Waals surface area contributed by atoms with Crippen molar-refractivity contribution in [2.75, 3.05) is 7.11 Å². The van der Waals surface area contributed by atoms with E-state index < -0.39 is 22.1 Å². The van der Waals surface area contributed by atoms with Gasteiger partial charge in [-0.2, -0.15) is 5.26 Å². The zero-order valence-electron chi connectivity index (χ0n) is 8.67. The maximum atomic E-state index is 11.4. The van der Waals surface area contributed by atoms with Gasteiger partial charge in [0, 0.05) is 5.56 Å². The van der Waals surface area contributed by atoms with E-state index in [2.05, 4.69) is 4.74 Å². The Bertz CT molecular complexity index is 544. The van der Waals surface area contributed by atoms with Crippen molar-refractivity contribution in [1.82, 2.24) is 0 Å². The van der Waals surface area contributed by atoms with Gasteiger partial charge in [0.15, 0.2) is 6.29 Å². The van der Waals surface area contributed by atoms with E-state index in [0.717, 1.165) is 19.2 Å². The number of methoxy groups -OCH3 is 1. The lowest BCUT2D eigenvalue weighted by Gasteiger charge is -2.04. The maximum absolute atomic E-state index is 11.4. The van der Waals surface area contributed by atoms with Crippen molar-refractivity contribution in [2.24, 2.45) is 0 Å². The summed E-state index contributed by atoms with van der Waals surface area (Å²) in [5, 5.41) is 19.5. The molecule has 0 N–H and O–H groups in total. The lowest BCUT2D eigenvalue weighted by molar-refractivity contribution is -0.385. The van der Waals surface area contributed by atoms with Crippen molar-refractivity contribution in [3.05, 3.63) is 38.9 Å². The smallest absolute Gasteiger partial charge is 0.345 e. The van der Waals surface area contributed by atoms with Crippen LogP contribution < -0.4 is 0 Å². The molecular weight excluding hydrogens is 228 g/mol. The lowest BCUT2D eigenvalue weighted by Crippen LogP contribution is -2.10. The van der Waals surface area contributed by atoms with Gasteiger partial charge in [0.05, 0.1) is 12.0 Å². The zero-order valence-corrected chi connectivity index (χ0v) is 8.67. The Morgan fingerprint density at radius 3 is 2.65 bits per heavy atom. The second-order valence-electron chi connectivity index (χ2n) is 2.90. The number of benzene rings is 1. The van der Waals surface area contributed by atoms with E-state index in [1.807, 2.05) is 0 Å². The van der Waals surface area contributed by atoms with Gasteiger partial charge in [-0.1, -0.05) is 0 Å². The number of aldehydes is 1. The standard InChI is InChI=1S/C10H6N2O5/c1-17-10(14)8-7(5-13)3-2-6(4-11)9(8)12(15)16/h2-3,5H,1H3. The van der Waals surface area contributed by atoms with Gasteiger partial charge in [0.25, 0.3) is 0 Å². The molecule has 0 fully saturated rings. The van der Waals surface area contributed by atoms with Crippen LogP contribution in [0.4, 0.5) is 5.69 Å². The largest absolute Gasteiger partial charge is 0.465 e. The van der Waals surface area contributed by atoms with Crippen LogP contribution in [0.15, 0.2) is 12.1 Å². The Morgan fingerprint density at radius 1 is 1.59 bits per heavy atom.